The minimum absolute atomic E-state index is 1.15. The first-order valence-corrected chi connectivity index (χ1v) is 15.9. The van der Waals surface area contributed by atoms with Gasteiger partial charge >= 0.3 is 0 Å². The molecule has 0 aliphatic rings. The summed E-state index contributed by atoms with van der Waals surface area (Å²) in [6.07, 6.45) is 0. The van der Waals surface area contributed by atoms with E-state index in [1.807, 2.05) is 0 Å². The molecule has 10 rings (SSSR count). The van der Waals surface area contributed by atoms with Crippen LogP contribution in [0.3, 0.4) is 0 Å². The molecule has 0 unspecified atom stereocenters. The Bertz CT molecular complexity index is 2550. The Morgan fingerprint density at radius 1 is 0.326 bits per heavy atom. The Labute approximate surface area is 265 Å². The molecule has 0 aliphatic heterocycles. The molecule has 0 saturated carbocycles. The van der Waals surface area contributed by atoms with Gasteiger partial charge in [-0.3, -0.25) is 0 Å². The second-order valence-electron chi connectivity index (χ2n) is 12.3. The van der Waals surface area contributed by atoms with Crippen LogP contribution in [0.15, 0.2) is 158 Å². The van der Waals surface area contributed by atoms with Crippen LogP contribution in [-0.4, -0.2) is 13.7 Å². The third kappa shape index (κ3) is 3.37. The number of para-hydroxylation sites is 6. The van der Waals surface area contributed by atoms with Gasteiger partial charge in [-0.15, -0.1) is 0 Å². The van der Waals surface area contributed by atoms with Gasteiger partial charge in [-0.05, 0) is 61.0 Å². The van der Waals surface area contributed by atoms with E-state index >= 15 is 0 Å². The molecule has 0 fully saturated rings. The normalized spacial score (nSPS) is 12.0. The predicted octanol–water partition coefficient (Wildman–Crippen LogP) is 11.3. The summed E-state index contributed by atoms with van der Waals surface area (Å²) in [7, 11) is 0. The van der Waals surface area contributed by atoms with Crippen molar-refractivity contribution in [1.29, 1.82) is 0 Å². The third-order valence-electron chi connectivity index (χ3n) is 9.67. The molecule has 3 aromatic heterocycles. The zero-order valence-electron chi connectivity index (χ0n) is 25.4. The first kappa shape index (κ1) is 25.3. The fourth-order valence-corrected chi connectivity index (χ4v) is 7.83. The Morgan fingerprint density at radius 3 is 1.11 bits per heavy atom. The molecular weight excluding hydrogens is 558 g/mol. The molecule has 0 spiro atoms. The maximum atomic E-state index is 2.51. The molecule has 0 N–H and O–H groups in total. The van der Waals surface area contributed by atoms with Crippen molar-refractivity contribution in [2.24, 2.45) is 0 Å². The summed E-state index contributed by atoms with van der Waals surface area (Å²) in [4.78, 5) is 0. The summed E-state index contributed by atoms with van der Waals surface area (Å²) in [5, 5.41) is 7.52. The van der Waals surface area contributed by atoms with Gasteiger partial charge in [0.25, 0.3) is 0 Å². The summed E-state index contributed by atoms with van der Waals surface area (Å²) in [5.74, 6) is 0. The molecule has 0 saturated heterocycles. The average Bonchev–Trinajstić information content (AvgIpc) is 3.74. The highest BCUT2D eigenvalue weighted by Gasteiger charge is 2.23. The minimum Gasteiger partial charge on any atom is -0.307 e. The molecule has 10 aromatic rings. The van der Waals surface area contributed by atoms with Gasteiger partial charge in [0, 0.05) is 38.0 Å². The highest BCUT2D eigenvalue weighted by molar-refractivity contribution is 6.18. The molecule has 7 aromatic carbocycles. The van der Waals surface area contributed by atoms with E-state index in [0.717, 1.165) is 5.69 Å². The van der Waals surface area contributed by atoms with Crippen molar-refractivity contribution in [1.82, 2.24) is 13.7 Å². The van der Waals surface area contributed by atoms with Crippen LogP contribution in [0.25, 0.3) is 82.5 Å². The van der Waals surface area contributed by atoms with Crippen LogP contribution >= 0.6 is 0 Å². The van der Waals surface area contributed by atoms with Gasteiger partial charge in [-0.25, -0.2) is 0 Å². The molecule has 46 heavy (non-hydrogen) atoms. The quantitative estimate of drug-likeness (QED) is 0.195. The molecule has 216 valence electrons. The zero-order chi connectivity index (χ0) is 30.4. The summed E-state index contributed by atoms with van der Waals surface area (Å²) in [6, 6.07) is 57.6. The lowest BCUT2D eigenvalue weighted by Gasteiger charge is -2.17. The van der Waals surface area contributed by atoms with Gasteiger partial charge in [0.05, 0.1) is 44.5 Å². The highest BCUT2D eigenvalue weighted by atomic mass is 15.1. The van der Waals surface area contributed by atoms with Crippen LogP contribution < -0.4 is 0 Å². The number of hydrogen-bond acceptors (Lipinski definition) is 0. The van der Waals surface area contributed by atoms with Crippen molar-refractivity contribution < 1.29 is 0 Å². The summed E-state index contributed by atoms with van der Waals surface area (Å²) < 4.78 is 7.42. The number of nitrogens with zero attached hydrogens (tertiary/aromatic N) is 3. The number of benzene rings is 7. The van der Waals surface area contributed by atoms with E-state index in [1.54, 1.807) is 0 Å². The van der Waals surface area contributed by atoms with Gasteiger partial charge in [-0.2, -0.15) is 0 Å². The molecule has 3 heterocycles. The Morgan fingerprint density at radius 2 is 0.696 bits per heavy atom. The predicted molar refractivity (Wildman–Crippen MR) is 194 cm³/mol. The number of hydrogen-bond donors (Lipinski definition) is 0. The van der Waals surface area contributed by atoms with E-state index in [1.165, 1.54) is 82.4 Å². The first-order valence-electron chi connectivity index (χ1n) is 15.9. The van der Waals surface area contributed by atoms with Crippen molar-refractivity contribution >= 4 is 65.4 Å². The van der Waals surface area contributed by atoms with Gasteiger partial charge < -0.3 is 13.7 Å². The monoisotopic (exact) mass is 587 g/mol. The summed E-state index contributed by atoms with van der Waals surface area (Å²) >= 11 is 0. The van der Waals surface area contributed by atoms with Crippen LogP contribution in [0.1, 0.15) is 5.56 Å². The molecule has 0 atom stereocenters. The molecular formula is C43H29N3. The number of aromatic nitrogens is 3. The second-order valence-corrected chi connectivity index (χ2v) is 12.3. The zero-order valence-corrected chi connectivity index (χ0v) is 25.4. The van der Waals surface area contributed by atoms with E-state index in [0.29, 0.717) is 0 Å². The fourth-order valence-electron chi connectivity index (χ4n) is 7.83. The topological polar surface area (TPSA) is 14.8 Å². The second kappa shape index (κ2) is 9.47. The minimum atomic E-state index is 1.15. The fraction of sp³-hybridized carbons (Fsp3) is 0.0233. The first-order chi connectivity index (χ1) is 22.8. The summed E-state index contributed by atoms with van der Waals surface area (Å²) in [6.45, 7) is 2.18. The molecule has 0 amide bonds. The van der Waals surface area contributed by atoms with Crippen LogP contribution in [0.4, 0.5) is 0 Å². The average molecular weight is 588 g/mol. The van der Waals surface area contributed by atoms with Crippen molar-refractivity contribution in [3.05, 3.63) is 163 Å². The smallest absolute Gasteiger partial charge is 0.0783 e. The number of rotatable bonds is 3. The standard InChI is InChI=1S/C43H29N3/c1-28-13-10-14-29(27-28)44-42-34(19-11-25-40(42)45-36-21-6-2-15-30(36)31-16-3-7-22-37(31)45)35-20-12-26-41(43(35)44)46-38-23-8-4-17-32(38)33-18-5-9-24-39(33)46/h2-27H,1H3. The van der Waals surface area contributed by atoms with Gasteiger partial charge in [-0.1, -0.05) is 109 Å². The van der Waals surface area contributed by atoms with Gasteiger partial charge in [0.1, 0.15) is 0 Å². The molecule has 3 heteroatoms. The van der Waals surface area contributed by atoms with Crippen LogP contribution in [0.2, 0.25) is 0 Å². The van der Waals surface area contributed by atoms with E-state index < -0.39 is 0 Å². The lowest BCUT2D eigenvalue weighted by atomic mass is 10.1. The maximum Gasteiger partial charge on any atom is 0.0783 e. The number of aryl methyl sites for hydroxylation is 1. The largest absolute Gasteiger partial charge is 0.307 e. The van der Waals surface area contributed by atoms with Crippen LogP contribution in [0, 0.1) is 6.92 Å². The Hall–Kier alpha value is -6.06. The van der Waals surface area contributed by atoms with E-state index in [-0.39, 0.29) is 0 Å². The maximum absolute atomic E-state index is 2.51. The van der Waals surface area contributed by atoms with Crippen molar-refractivity contribution in [2.45, 2.75) is 6.92 Å². The molecule has 0 radical (unpaired) electrons. The molecule has 0 aliphatic carbocycles. The van der Waals surface area contributed by atoms with E-state index in [9.17, 15) is 0 Å². The van der Waals surface area contributed by atoms with E-state index in [2.05, 4.69) is 178 Å². The van der Waals surface area contributed by atoms with Crippen molar-refractivity contribution in [3.8, 4) is 17.1 Å². The van der Waals surface area contributed by atoms with Crippen molar-refractivity contribution in [3.63, 3.8) is 0 Å². The van der Waals surface area contributed by atoms with E-state index in [4.69, 9.17) is 0 Å². The summed E-state index contributed by atoms with van der Waals surface area (Å²) in [5.41, 5.74) is 11.9. The Kier molecular flexibility index (Phi) is 5.20. The van der Waals surface area contributed by atoms with Gasteiger partial charge in [0.2, 0.25) is 0 Å². The molecule has 0 bridgehead atoms. The van der Waals surface area contributed by atoms with Crippen LogP contribution in [-0.2, 0) is 0 Å². The molecule has 3 nitrogen and oxygen atoms in total. The Balaban J connectivity index is 1.44. The number of fused-ring (bicyclic) bond motifs is 9. The van der Waals surface area contributed by atoms with Crippen molar-refractivity contribution in [2.75, 3.05) is 0 Å². The highest BCUT2D eigenvalue weighted by Crippen LogP contribution is 2.43. The SMILES string of the molecule is Cc1cccc(-n2c3c(-n4c5ccccc5c5ccccc54)cccc3c3cccc(-n4c5ccccc5c5ccccc54)c32)c1. The third-order valence-corrected chi connectivity index (χ3v) is 9.67. The van der Waals surface area contributed by atoms with Crippen LogP contribution in [0.5, 0.6) is 0 Å². The lowest BCUT2D eigenvalue weighted by Crippen LogP contribution is -2.03. The lowest BCUT2D eigenvalue weighted by molar-refractivity contribution is 1.10. The van der Waals surface area contributed by atoms with Gasteiger partial charge in [0.15, 0.2) is 0 Å².